The zero-order valence-electron chi connectivity index (χ0n) is 12.3. The van der Waals surface area contributed by atoms with Crippen molar-refractivity contribution < 1.29 is 9.59 Å². The molecule has 1 unspecified atom stereocenters. The summed E-state index contributed by atoms with van der Waals surface area (Å²) in [4.78, 5) is 27.6. The third-order valence-corrected chi connectivity index (χ3v) is 3.63. The molecule has 3 amide bonds. The van der Waals surface area contributed by atoms with Crippen LogP contribution in [0.4, 0.5) is 4.79 Å². The first-order valence-electron chi connectivity index (χ1n) is 7.25. The Morgan fingerprint density at radius 1 is 1.14 bits per heavy atom. The van der Waals surface area contributed by atoms with Gasteiger partial charge >= 0.3 is 6.03 Å². The fourth-order valence-electron chi connectivity index (χ4n) is 2.39. The number of rotatable bonds is 3. The summed E-state index contributed by atoms with van der Waals surface area (Å²) < 4.78 is 0. The minimum Gasteiger partial charge on any atom is -0.338 e. The molecular formula is C15H22N4O2. The van der Waals surface area contributed by atoms with Crippen molar-refractivity contribution in [2.45, 2.75) is 13.0 Å². The summed E-state index contributed by atoms with van der Waals surface area (Å²) in [7, 11) is 0. The maximum Gasteiger partial charge on any atom is 0.317 e. The summed E-state index contributed by atoms with van der Waals surface area (Å²) in [5.41, 5.74) is 6.84. The van der Waals surface area contributed by atoms with Gasteiger partial charge < -0.3 is 20.9 Å². The highest BCUT2D eigenvalue weighted by Crippen LogP contribution is 2.14. The Kier molecular flexibility index (Phi) is 5.16. The lowest BCUT2D eigenvalue weighted by molar-refractivity contribution is -0.134. The zero-order valence-corrected chi connectivity index (χ0v) is 12.3. The molecule has 1 atom stereocenters. The number of benzene rings is 1. The van der Waals surface area contributed by atoms with Crippen LogP contribution in [0, 0.1) is 0 Å². The normalized spacial score (nSPS) is 16.5. The highest BCUT2D eigenvalue weighted by Gasteiger charge is 2.27. The van der Waals surface area contributed by atoms with Crippen LogP contribution in [0.2, 0.25) is 0 Å². The van der Waals surface area contributed by atoms with E-state index in [1.165, 1.54) is 0 Å². The van der Waals surface area contributed by atoms with Crippen LogP contribution in [0.5, 0.6) is 0 Å². The largest absolute Gasteiger partial charge is 0.338 e. The molecule has 0 bridgehead atoms. The Hall–Kier alpha value is -2.08. The van der Waals surface area contributed by atoms with Gasteiger partial charge in [-0.2, -0.15) is 0 Å². The lowest BCUT2D eigenvalue weighted by atomic mass is 10.1. The van der Waals surface area contributed by atoms with E-state index >= 15 is 0 Å². The number of carbonyl (C=O) groups is 2. The molecule has 2 rings (SSSR count). The van der Waals surface area contributed by atoms with E-state index in [-0.39, 0.29) is 11.9 Å². The third-order valence-electron chi connectivity index (χ3n) is 3.63. The van der Waals surface area contributed by atoms with Gasteiger partial charge in [-0.1, -0.05) is 30.3 Å². The van der Waals surface area contributed by atoms with E-state index in [2.05, 4.69) is 5.32 Å². The fourth-order valence-corrected chi connectivity index (χ4v) is 2.39. The lowest BCUT2D eigenvalue weighted by Gasteiger charge is -2.35. The van der Waals surface area contributed by atoms with E-state index < -0.39 is 6.04 Å². The molecule has 6 nitrogen and oxygen atoms in total. The number of nitrogens with zero attached hydrogens (tertiary/aromatic N) is 2. The Labute approximate surface area is 124 Å². The van der Waals surface area contributed by atoms with Gasteiger partial charge in [0.05, 0.1) is 0 Å². The first-order chi connectivity index (χ1) is 10.1. The molecule has 0 saturated carbocycles. The van der Waals surface area contributed by atoms with Gasteiger partial charge in [0.1, 0.15) is 6.04 Å². The quantitative estimate of drug-likeness (QED) is 0.854. The van der Waals surface area contributed by atoms with Crippen molar-refractivity contribution in [2.75, 3.05) is 32.7 Å². The van der Waals surface area contributed by atoms with Crippen LogP contribution < -0.4 is 11.1 Å². The summed E-state index contributed by atoms with van der Waals surface area (Å²) in [5.74, 6) is -0.0863. The number of amides is 3. The van der Waals surface area contributed by atoms with E-state index in [1.54, 1.807) is 9.80 Å². The van der Waals surface area contributed by atoms with Crippen LogP contribution in [-0.4, -0.2) is 54.5 Å². The molecule has 0 aromatic heterocycles. The molecule has 1 heterocycles. The molecule has 1 aromatic rings. The first kappa shape index (κ1) is 15.3. The monoisotopic (exact) mass is 290 g/mol. The topological polar surface area (TPSA) is 78.7 Å². The van der Waals surface area contributed by atoms with Crippen LogP contribution in [0.25, 0.3) is 0 Å². The molecule has 114 valence electrons. The molecule has 0 spiro atoms. The van der Waals surface area contributed by atoms with E-state index in [0.717, 1.165) is 5.56 Å². The number of carbonyl (C=O) groups excluding carboxylic acids is 2. The summed E-state index contributed by atoms with van der Waals surface area (Å²) in [5, 5.41) is 2.77. The minimum atomic E-state index is -0.637. The van der Waals surface area contributed by atoms with Gasteiger partial charge in [0.2, 0.25) is 5.91 Å². The van der Waals surface area contributed by atoms with Gasteiger partial charge in [-0.3, -0.25) is 4.79 Å². The molecule has 1 fully saturated rings. The number of hydrogen-bond acceptors (Lipinski definition) is 3. The van der Waals surface area contributed by atoms with Gasteiger partial charge in [-0.25, -0.2) is 4.79 Å². The van der Waals surface area contributed by atoms with Gasteiger partial charge in [-0.15, -0.1) is 0 Å². The first-order valence-corrected chi connectivity index (χ1v) is 7.25. The summed E-state index contributed by atoms with van der Waals surface area (Å²) >= 11 is 0. The van der Waals surface area contributed by atoms with Crippen molar-refractivity contribution in [3.8, 4) is 0 Å². The van der Waals surface area contributed by atoms with Crippen LogP contribution >= 0.6 is 0 Å². The van der Waals surface area contributed by atoms with Crippen molar-refractivity contribution in [2.24, 2.45) is 5.73 Å². The van der Waals surface area contributed by atoms with Crippen molar-refractivity contribution in [1.82, 2.24) is 15.1 Å². The van der Waals surface area contributed by atoms with Crippen LogP contribution in [0.1, 0.15) is 18.5 Å². The zero-order chi connectivity index (χ0) is 15.2. The van der Waals surface area contributed by atoms with Gasteiger partial charge in [-0.05, 0) is 12.5 Å². The van der Waals surface area contributed by atoms with Gasteiger partial charge in [0.15, 0.2) is 0 Å². The van der Waals surface area contributed by atoms with Crippen molar-refractivity contribution >= 4 is 11.9 Å². The number of hydrogen-bond donors (Lipinski definition) is 2. The summed E-state index contributed by atoms with van der Waals surface area (Å²) in [6.45, 7) is 4.62. The SMILES string of the molecule is CCNC(=O)N1CCN(C(=O)C(N)c2ccccc2)CC1. The van der Waals surface area contributed by atoms with E-state index in [0.29, 0.717) is 32.7 Å². The van der Waals surface area contributed by atoms with Crippen LogP contribution in [0.3, 0.4) is 0 Å². The highest BCUT2D eigenvalue weighted by molar-refractivity contribution is 5.83. The molecule has 1 aromatic carbocycles. The number of piperazine rings is 1. The summed E-state index contributed by atoms with van der Waals surface area (Å²) in [6.07, 6.45) is 0. The van der Waals surface area contributed by atoms with Crippen LogP contribution in [0.15, 0.2) is 30.3 Å². The molecule has 21 heavy (non-hydrogen) atoms. The van der Waals surface area contributed by atoms with Gasteiger partial charge in [0.25, 0.3) is 0 Å². The molecule has 6 heteroatoms. The average Bonchev–Trinajstić information content (AvgIpc) is 2.54. The molecule has 0 radical (unpaired) electrons. The molecule has 0 aliphatic carbocycles. The van der Waals surface area contributed by atoms with Crippen LogP contribution in [-0.2, 0) is 4.79 Å². The molecular weight excluding hydrogens is 268 g/mol. The predicted octanol–water partition coefficient (Wildman–Crippen LogP) is 0.560. The summed E-state index contributed by atoms with van der Waals surface area (Å²) in [6, 6.07) is 8.64. The fraction of sp³-hybridized carbons (Fsp3) is 0.467. The van der Waals surface area contributed by atoms with Crippen molar-refractivity contribution in [3.05, 3.63) is 35.9 Å². The molecule has 1 aliphatic rings. The van der Waals surface area contributed by atoms with Gasteiger partial charge in [0, 0.05) is 32.7 Å². The maximum absolute atomic E-state index is 12.4. The highest BCUT2D eigenvalue weighted by atomic mass is 16.2. The second-order valence-corrected chi connectivity index (χ2v) is 5.04. The molecule has 1 aliphatic heterocycles. The standard InChI is InChI=1S/C15H22N4O2/c1-2-17-15(21)19-10-8-18(9-11-19)14(20)13(16)12-6-4-3-5-7-12/h3-7,13H,2,8-11,16H2,1H3,(H,17,21). The molecule has 3 N–H and O–H groups in total. The maximum atomic E-state index is 12.4. The van der Waals surface area contributed by atoms with Crippen molar-refractivity contribution in [1.29, 1.82) is 0 Å². The second-order valence-electron chi connectivity index (χ2n) is 5.04. The number of nitrogens with two attached hydrogens (primary N) is 1. The van der Waals surface area contributed by atoms with E-state index in [9.17, 15) is 9.59 Å². The average molecular weight is 290 g/mol. The second kappa shape index (κ2) is 7.08. The number of nitrogens with one attached hydrogen (secondary N) is 1. The molecule has 1 saturated heterocycles. The minimum absolute atomic E-state index is 0.0723. The van der Waals surface area contributed by atoms with Crippen molar-refractivity contribution in [3.63, 3.8) is 0 Å². The predicted molar refractivity (Wildman–Crippen MR) is 80.6 cm³/mol. The number of urea groups is 1. The Bertz CT molecular complexity index is 484. The van der Waals surface area contributed by atoms with E-state index in [4.69, 9.17) is 5.73 Å². The Balaban J connectivity index is 1.90. The Morgan fingerprint density at radius 2 is 1.71 bits per heavy atom. The van der Waals surface area contributed by atoms with E-state index in [1.807, 2.05) is 37.3 Å². The Morgan fingerprint density at radius 3 is 2.29 bits per heavy atom. The third kappa shape index (κ3) is 3.72. The smallest absolute Gasteiger partial charge is 0.317 e. The lowest BCUT2D eigenvalue weighted by Crippen LogP contribution is -2.54.